The lowest BCUT2D eigenvalue weighted by molar-refractivity contribution is 0.0917. The van der Waals surface area contributed by atoms with Crippen LogP contribution in [0, 0.1) is 20.8 Å². The summed E-state index contributed by atoms with van der Waals surface area (Å²) in [5.74, 6) is -0.0404. The maximum atomic E-state index is 13.4. The van der Waals surface area contributed by atoms with Crippen LogP contribution in [-0.4, -0.2) is 30.1 Å². The van der Waals surface area contributed by atoms with Gasteiger partial charge in [-0.2, -0.15) is 0 Å². The average Bonchev–Trinajstić information content (AvgIpc) is 3.34. The molecule has 0 radical (unpaired) electrons. The lowest BCUT2D eigenvalue weighted by Gasteiger charge is -2.23. The molecule has 0 spiro atoms. The van der Waals surface area contributed by atoms with Gasteiger partial charge in [-0.25, -0.2) is 4.98 Å². The van der Waals surface area contributed by atoms with Gasteiger partial charge in [-0.15, -0.1) is 0 Å². The second-order valence-corrected chi connectivity index (χ2v) is 8.78. The summed E-state index contributed by atoms with van der Waals surface area (Å²) in [5, 5.41) is 1.38. The molecule has 1 unspecified atom stereocenters. The molecule has 0 saturated carbocycles. The quantitative estimate of drug-likeness (QED) is 0.549. The number of hydrogen-bond donors (Lipinski definition) is 0. The molecule has 4 rings (SSSR count). The minimum atomic E-state index is -0.0404. The molecule has 1 aliphatic heterocycles. The molecule has 1 aromatic heterocycles. The fourth-order valence-electron chi connectivity index (χ4n) is 3.47. The number of fused-ring (bicyclic) bond motifs is 1. The van der Waals surface area contributed by atoms with Crippen molar-refractivity contribution in [2.24, 2.45) is 0 Å². The van der Waals surface area contributed by atoms with Crippen LogP contribution in [-0.2, 0) is 4.74 Å². The van der Waals surface area contributed by atoms with Gasteiger partial charge in [-0.3, -0.25) is 9.69 Å². The number of ether oxygens (including phenoxy) is 1. The summed E-state index contributed by atoms with van der Waals surface area (Å²) >= 11 is 7.79. The van der Waals surface area contributed by atoms with Crippen molar-refractivity contribution in [1.82, 2.24) is 4.98 Å². The summed E-state index contributed by atoms with van der Waals surface area (Å²) < 4.78 is 6.84. The Morgan fingerprint density at radius 1 is 1.25 bits per heavy atom. The Morgan fingerprint density at radius 3 is 2.79 bits per heavy atom. The zero-order valence-electron chi connectivity index (χ0n) is 16.3. The van der Waals surface area contributed by atoms with E-state index in [9.17, 15) is 4.79 Å². The monoisotopic (exact) mass is 414 g/mol. The predicted molar refractivity (Wildman–Crippen MR) is 116 cm³/mol. The molecule has 0 N–H and O–H groups in total. The average molecular weight is 415 g/mol. The number of benzene rings is 2. The summed E-state index contributed by atoms with van der Waals surface area (Å²) in [6.07, 6.45) is 2.05. The van der Waals surface area contributed by atoms with E-state index in [0.29, 0.717) is 22.3 Å². The molecule has 28 heavy (non-hydrogen) atoms. The summed E-state index contributed by atoms with van der Waals surface area (Å²) in [6, 6.07) is 9.70. The molecule has 146 valence electrons. The van der Waals surface area contributed by atoms with Crippen molar-refractivity contribution in [2.75, 3.05) is 18.1 Å². The van der Waals surface area contributed by atoms with Crippen molar-refractivity contribution in [3.63, 3.8) is 0 Å². The first kappa shape index (κ1) is 19.4. The van der Waals surface area contributed by atoms with Crippen molar-refractivity contribution in [2.45, 2.75) is 39.7 Å². The molecule has 3 aromatic rings. The number of carbonyl (C=O) groups excluding carboxylic acids is 1. The Balaban J connectivity index is 1.75. The molecule has 1 saturated heterocycles. The van der Waals surface area contributed by atoms with Crippen LogP contribution in [0.4, 0.5) is 5.13 Å². The van der Waals surface area contributed by atoms with E-state index >= 15 is 0 Å². The highest BCUT2D eigenvalue weighted by molar-refractivity contribution is 7.22. The number of hydrogen-bond acceptors (Lipinski definition) is 4. The fraction of sp³-hybridized carbons (Fsp3) is 0.364. The number of aryl methyl sites for hydroxylation is 3. The van der Waals surface area contributed by atoms with Crippen LogP contribution in [0.15, 0.2) is 30.3 Å². The van der Waals surface area contributed by atoms with Gasteiger partial charge < -0.3 is 4.74 Å². The van der Waals surface area contributed by atoms with Gasteiger partial charge in [-0.1, -0.05) is 29.0 Å². The number of thiazole rings is 1. The van der Waals surface area contributed by atoms with Gasteiger partial charge in [0.2, 0.25) is 0 Å². The Kier molecular flexibility index (Phi) is 5.41. The third-order valence-corrected chi connectivity index (χ3v) is 6.83. The van der Waals surface area contributed by atoms with Crippen molar-refractivity contribution >= 4 is 44.2 Å². The van der Waals surface area contributed by atoms with Crippen LogP contribution in [0.5, 0.6) is 0 Å². The normalized spacial score (nSPS) is 16.6. The van der Waals surface area contributed by atoms with Gasteiger partial charge in [-0.05, 0) is 74.6 Å². The van der Waals surface area contributed by atoms with Gasteiger partial charge >= 0.3 is 0 Å². The van der Waals surface area contributed by atoms with Crippen molar-refractivity contribution in [3.05, 3.63) is 57.6 Å². The van der Waals surface area contributed by atoms with E-state index in [4.69, 9.17) is 21.3 Å². The summed E-state index contributed by atoms with van der Waals surface area (Å²) in [7, 11) is 0. The smallest absolute Gasteiger partial charge is 0.260 e. The number of aromatic nitrogens is 1. The molecule has 6 heteroatoms. The molecule has 1 fully saturated rings. The van der Waals surface area contributed by atoms with E-state index < -0.39 is 0 Å². The first-order valence-electron chi connectivity index (χ1n) is 9.50. The molecule has 1 aliphatic rings. The highest BCUT2D eigenvalue weighted by atomic mass is 35.5. The van der Waals surface area contributed by atoms with Gasteiger partial charge in [0.05, 0.1) is 22.9 Å². The lowest BCUT2D eigenvalue weighted by Crippen LogP contribution is -2.37. The van der Waals surface area contributed by atoms with Crippen molar-refractivity contribution in [3.8, 4) is 0 Å². The highest BCUT2D eigenvalue weighted by Crippen LogP contribution is 2.34. The Hall–Kier alpha value is -1.95. The first-order chi connectivity index (χ1) is 13.4. The topological polar surface area (TPSA) is 42.4 Å². The summed E-state index contributed by atoms with van der Waals surface area (Å²) in [5.41, 5.74) is 4.76. The third kappa shape index (κ3) is 3.66. The highest BCUT2D eigenvalue weighted by Gasteiger charge is 2.27. The second-order valence-electron chi connectivity index (χ2n) is 7.37. The van der Waals surface area contributed by atoms with Gasteiger partial charge in [0.25, 0.3) is 5.91 Å². The van der Waals surface area contributed by atoms with Crippen LogP contribution in [0.3, 0.4) is 0 Å². The van der Waals surface area contributed by atoms with E-state index in [-0.39, 0.29) is 12.0 Å². The Bertz CT molecular complexity index is 1040. The van der Waals surface area contributed by atoms with E-state index in [1.54, 1.807) is 4.90 Å². The van der Waals surface area contributed by atoms with E-state index in [0.717, 1.165) is 40.8 Å². The minimum absolute atomic E-state index is 0.0404. The van der Waals surface area contributed by atoms with E-state index in [1.165, 1.54) is 16.9 Å². The molecular formula is C22H23ClN2O2S. The molecule has 1 atom stereocenters. The standard InChI is InChI=1S/C22H23ClN2O2S/c1-13-6-7-16(11-14(13)2)21(26)25(12-17-5-4-10-27-17)22-24-20-15(3)18(23)8-9-19(20)28-22/h6-9,11,17H,4-5,10,12H2,1-3H3. The molecule has 1 amide bonds. The summed E-state index contributed by atoms with van der Waals surface area (Å²) in [6.45, 7) is 7.31. The van der Waals surface area contributed by atoms with E-state index in [2.05, 4.69) is 0 Å². The fourth-order valence-corrected chi connectivity index (χ4v) is 4.66. The number of carbonyl (C=O) groups is 1. The zero-order chi connectivity index (χ0) is 19.8. The number of nitrogens with zero attached hydrogens (tertiary/aromatic N) is 2. The van der Waals surface area contributed by atoms with E-state index in [1.807, 2.05) is 51.1 Å². The molecule has 0 aliphatic carbocycles. The third-order valence-electron chi connectivity index (χ3n) is 5.38. The predicted octanol–water partition coefficient (Wildman–Crippen LogP) is 5.70. The SMILES string of the molecule is Cc1ccc(C(=O)N(CC2CCCO2)c2nc3c(C)c(Cl)ccc3s2)cc1C. The first-order valence-corrected chi connectivity index (χ1v) is 10.7. The van der Waals surface area contributed by atoms with Crippen molar-refractivity contribution in [1.29, 1.82) is 0 Å². The Morgan fingerprint density at radius 2 is 2.07 bits per heavy atom. The number of rotatable bonds is 4. The maximum absolute atomic E-state index is 13.4. The largest absolute Gasteiger partial charge is 0.376 e. The molecule has 2 heterocycles. The van der Waals surface area contributed by atoms with Crippen LogP contribution >= 0.6 is 22.9 Å². The van der Waals surface area contributed by atoms with Crippen LogP contribution in [0.1, 0.15) is 39.9 Å². The van der Waals surface area contributed by atoms with Gasteiger partial charge in [0, 0.05) is 17.2 Å². The maximum Gasteiger partial charge on any atom is 0.260 e. The van der Waals surface area contributed by atoms with Crippen LogP contribution in [0.2, 0.25) is 5.02 Å². The Labute approximate surface area is 174 Å². The minimum Gasteiger partial charge on any atom is -0.376 e. The van der Waals surface area contributed by atoms with Crippen molar-refractivity contribution < 1.29 is 9.53 Å². The molecule has 0 bridgehead atoms. The number of anilines is 1. The van der Waals surface area contributed by atoms with Gasteiger partial charge in [0.15, 0.2) is 5.13 Å². The summed E-state index contributed by atoms with van der Waals surface area (Å²) in [4.78, 5) is 20.0. The number of halogens is 1. The van der Waals surface area contributed by atoms with Crippen LogP contribution in [0.25, 0.3) is 10.2 Å². The second kappa shape index (κ2) is 7.82. The van der Waals surface area contributed by atoms with Crippen LogP contribution < -0.4 is 4.90 Å². The zero-order valence-corrected chi connectivity index (χ0v) is 17.9. The molecule has 2 aromatic carbocycles. The lowest BCUT2D eigenvalue weighted by atomic mass is 10.1. The van der Waals surface area contributed by atoms with Gasteiger partial charge in [0.1, 0.15) is 0 Å². The number of amides is 1. The molecule has 4 nitrogen and oxygen atoms in total. The molecular weight excluding hydrogens is 392 g/mol.